The Morgan fingerprint density at radius 1 is 0.929 bits per heavy atom. The van der Waals surface area contributed by atoms with Gasteiger partial charge in [-0.2, -0.15) is 0 Å². The van der Waals surface area contributed by atoms with E-state index in [0.717, 1.165) is 11.5 Å². The molecular weight excluding hydrogens is 348 g/mol. The van der Waals surface area contributed by atoms with Gasteiger partial charge in [-0.3, -0.25) is 0 Å². The third kappa shape index (κ3) is 3.80. The molecule has 0 radical (unpaired) electrons. The predicted octanol–water partition coefficient (Wildman–Crippen LogP) is 6.74. The highest BCUT2D eigenvalue weighted by molar-refractivity contribution is 5.89. The largest absolute Gasteiger partial charge is 0.465 e. The second-order valence-corrected chi connectivity index (χ2v) is 9.48. The maximum Gasteiger partial charge on any atom is 0.337 e. The van der Waals surface area contributed by atoms with Gasteiger partial charge in [0.25, 0.3) is 0 Å². The lowest BCUT2D eigenvalue weighted by Crippen LogP contribution is -2.34. The predicted molar refractivity (Wildman–Crippen MR) is 114 cm³/mol. The van der Waals surface area contributed by atoms with Crippen molar-refractivity contribution >= 4 is 5.97 Å². The van der Waals surface area contributed by atoms with Gasteiger partial charge >= 0.3 is 5.97 Å². The van der Waals surface area contributed by atoms with E-state index in [4.69, 9.17) is 9.47 Å². The Morgan fingerprint density at radius 3 is 1.96 bits per heavy atom. The minimum absolute atomic E-state index is 0.132. The summed E-state index contributed by atoms with van der Waals surface area (Å²) in [6, 6.07) is 11.7. The first-order chi connectivity index (χ1) is 13.0. The van der Waals surface area contributed by atoms with Crippen LogP contribution in [0, 0.1) is 0 Å². The van der Waals surface area contributed by atoms with Crippen LogP contribution in [0.5, 0.6) is 11.5 Å². The molecule has 0 N–H and O–H groups in total. The zero-order valence-electron chi connectivity index (χ0n) is 18.2. The Morgan fingerprint density at radius 2 is 1.46 bits per heavy atom. The molecule has 0 spiro atoms. The molecule has 0 heterocycles. The number of methoxy groups -OCH3 is 1. The summed E-state index contributed by atoms with van der Waals surface area (Å²) in [6.07, 6.45) is 2.36. The van der Waals surface area contributed by atoms with Gasteiger partial charge in [0.2, 0.25) is 0 Å². The molecule has 0 saturated carbocycles. The van der Waals surface area contributed by atoms with Gasteiger partial charge in [-0.05, 0) is 76.6 Å². The average Bonchev–Trinajstić information content (AvgIpc) is 2.65. The number of carbonyl (C=O) groups is 1. The molecule has 3 nitrogen and oxygen atoms in total. The fourth-order valence-corrected chi connectivity index (χ4v) is 4.05. The molecule has 1 aliphatic carbocycles. The van der Waals surface area contributed by atoms with Crippen molar-refractivity contribution in [2.75, 3.05) is 7.11 Å². The molecule has 3 rings (SSSR count). The van der Waals surface area contributed by atoms with E-state index in [1.807, 2.05) is 12.1 Å². The van der Waals surface area contributed by atoms with E-state index in [1.54, 1.807) is 12.1 Å². The first-order valence-electron chi connectivity index (χ1n) is 10.1. The number of hydrogen-bond acceptors (Lipinski definition) is 3. The summed E-state index contributed by atoms with van der Waals surface area (Å²) in [5.74, 6) is 1.65. The van der Waals surface area contributed by atoms with Gasteiger partial charge in [0, 0.05) is 0 Å². The van der Waals surface area contributed by atoms with Crippen LogP contribution < -0.4 is 4.74 Å². The molecule has 2 aromatic rings. The fraction of sp³-hybridized carbons (Fsp3) is 0.480. The topological polar surface area (TPSA) is 35.5 Å². The number of rotatable bonds is 4. The summed E-state index contributed by atoms with van der Waals surface area (Å²) in [4.78, 5) is 11.7. The molecular formula is C25H32O3. The van der Waals surface area contributed by atoms with Crippen molar-refractivity contribution < 1.29 is 14.3 Å². The van der Waals surface area contributed by atoms with Crippen molar-refractivity contribution in [3.63, 3.8) is 0 Å². The van der Waals surface area contributed by atoms with Gasteiger partial charge in [0.05, 0.1) is 12.7 Å². The lowest BCUT2D eigenvalue weighted by atomic mass is 9.62. The van der Waals surface area contributed by atoms with Crippen LogP contribution in [0.4, 0.5) is 0 Å². The highest BCUT2D eigenvalue weighted by atomic mass is 16.5. The molecule has 150 valence electrons. The Balaban J connectivity index is 2.04. The van der Waals surface area contributed by atoms with Crippen molar-refractivity contribution in [3.05, 3.63) is 58.7 Å². The van der Waals surface area contributed by atoms with Crippen LogP contribution in [0.1, 0.15) is 87.4 Å². The number of esters is 1. The highest BCUT2D eigenvalue weighted by Crippen LogP contribution is 2.49. The maximum atomic E-state index is 11.7. The van der Waals surface area contributed by atoms with Crippen LogP contribution in [-0.2, 0) is 15.6 Å². The van der Waals surface area contributed by atoms with E-state index in [9.17, 15) is 4.79 Å². The smallest absolute Gasteiger partial charge is 0.337 e. The van der Waals surface area contributed by atoms with Crippen molar-refractivity contribution in [2.45, 2.75) is 71.1 Å². The van der Waals surface area contributed by atoms with Gasteiger partial charge in [0.15, 0.2) is 0 Å². The SMILES string of the molecule is COC(=O)c1ccc(Oc2cc3c(cc2C(C)C)C(C)(C)CCC3(C)C)cc1. The molecule has 28 heavy (non-hydrogen) atoms. The second kappa shape index (κ2) is 7.27. The van der Waals surface area contributed by atoms with Crippen molar-refractivity contribution in [3.8, 4) is 11.5 Å². The normalized spacial score (nSPS) is 17.1. The average molecular weight is 381 g/mol. The van der Waals surface area contributed by atoms with Crippen molar-refractivity contribution in [2.24, 2.45) is 0 Å². The molecule has 2 aromatic carbocycles. The minimum Gasteiger partial charge on any atom is -0.465 e. The van der Waals surface area contributed by atoms with Gasteiger partial charge in [0.1, 0.15) is 11.5 Å². The lowest BCUT2D eigenvalue weighted by molar-refractivity contribution is 0.0600. The molecule has 0 atom stereocenters. The van der Waals surface area contributed by atoms with Gasteiger partial charge < -0.3 is 9.47 Å². The van der Waals surface area contributed by atoms with Crippen molar-refractivity contribution in [1.29, 1.82) is 0 Å². The maximum absolute atomic E-state index is 11.7. The summed E-state index contributed by atoms with van der Waals surface area (Å²) in [6.45, 7) is 13.7. The molecule has 3 heteroatoms. The Kier molecular flexibility index (Phi) is 5.31. The number of fused-ring (bicyclic) bond motifs is 1. The van der Waals surface area contributed by atoms with Crippen LogP contribution in [0.2, 0.25) is 0 Å². The van der Waals surface area contributed by atoms with Gasteiger partial charge in [-0.1, -0.05) is 47.6 Å². The number of ether oxygens (including phenoxy) is 2. The molecule has 0 unspecified atom stereocenters. The second-order valence-electron chi connectivity index (χ2n) is 9.48. The molecule has 0 aromatic heterocycles. The van der Waals surface area contributed by atoms with E-state index < -0.39 is 0 Å². The third-order valence-electron chi connectivity index (χ3n) is 6.11. The van der Waals surface area contributed by atoms with E-state index in [0.29, 0.717) is 11.5 Å². The molecule has 0 aliphatic heterocycles. The summed E-state index contributed by atoms with van der Waals surface area (Å²) >= 11 is 0. The van der Waals surface area contributed by atoms with E-state index in [1.165, 1.54) is 36.6 Å². The first-order valence-corrected chi connectivity index (χ1v) is 10.1. The number of benzene rings is 2. The molecule has 0 fully saturated rings. The Bertz CT molecular complexity index is 873. The molecule has 1 aliphatic rings. The van der Waals surface area contributed by atoms with E-state index in [2.05, 4.69) is 53.7 Å². The summed E-state index contributed by atoms with van der Waals surface area (Å²) in [7, 11) is 1.39. The third-order valence-corrected chi connectivity index (χ3v) is 6.11. The molecule has 0 saturated heterocycles. The summed E-state index contributed by atoms with van der Waals surface area (Å²) in [5, 5.41) is 0. The van der Waals surface area contributed by atoms with E-state index >= 15 is 0 Å². The van der Waals surface area contributed by atoms with Crippen LogP contribution in [0.15, 0.2) is 36.4 Å². The van der Waals surface area contributed by atoms with Gasteiger partial charge in [-0.25, -0.2) is 4.79 Å². The highest BCUT2D eigenvalue weighted by Gasteiger charge is 2.38. The molecule has 0 amide bonds. The standard InChI is InChI=1S/C25H32O3/c1-16(2)19-14-20-21(25(5,6)13-12-24(20,3)4)15-22(19)28-18-10-8-17(9-11-18)23(26)27-7/h8-11,14-16H,12-13H2,1-7H3. The zero-order chi connectivity index (χ0) is 20.7. The first kappa shape index (κ1) is 20.4. The van der Waals surface area contributed by atoms with E-state index in [-0.39, 0.29) is 16.8 Å². The fourth-order valence-electron chi connectivity index (χ4n) is 4.05. The summed E-state index contributed by atoms with van der Waals surface area (Å²) < 4.78 is 11.1. The summed E-state index contributed by atoms with van der Waals surface area (Å²) in [5.41, 5.74) is 4.88. The Hall–Kier alpha value is -2.29. The van der Waals surface area contributed by atoms with Crippen LogP contribution in [0.3, 0.4) is 0 Å². The number of carbonyl (C=O) groups excluding carboxylic acids is 1. The van der Waals surface area contributed by atoms with Crippen molar-refractivity contribution in [1.82, 2.24) is 0 Å². The van der Waals surface area contributed by atoms with Crippen LogP contribution in [-0.4, -0.2) is 13.1 Å². The molecule has 0 bridgehead atoms. The van der Waals surface area contributed by atoms with Crippen LogP contribution >= 0.6 is 0 Å². The zero-order valence-corrected chi connectivity index (χ0v) is 18.2. The monoisotopic (exact) mass is 380 g/mol. The van der Waals surface area contributed by atoms with Crippen LogP contribution in [0.25, 0.3) is 0 Å². The minimum atomic E-state index is -0.341. The quantitative estimate of drug-likeness (QED) is 0.551. The van der Waals surface area contributed by atoms with Gasteiger partial charge in [-0.15, -0.1) is 0 Å². The number of hydrogen-bond donors (Lipinski definition) is 0. The lowest BCUT2D eigenvalue weighted by Gasteiger charge is -2.42. The Labute approximate surface area is 169 Å².